The van der Waals surface area contributed by atoms with Gasteiger partial charge in [-0.1, -0.05) is 41.0 Å². The van der Waals surface area contributed by atoms with E-state index in [9.17, 15) is 4.79 Å². The highest BCUT2D eigenvalue weighted by Gasteiger charge is 2.15. The second-order valence-corrected chi connectivity index (χ2v) is 3.98. The number of esters is 1. The number of nitrogens with one attached hydrogen (secondary N) is 1. The Morgan fingerprint density at radius 2 is 1.73 bits per heavy atom. The number of likely N-dealkylation sites (N-methyl/N-ethyl adjacent to an activating group) is 1. The number of rotatable bonds is 5. The largest absolute Gasteiger partial charge is 0.464 e. The van der Waals surface area contributed by atoms with E-state index in [1.54, 1.807) is 7.05 Å². The molecule has 1 unspecified atom stereocenters. The fourth-order valence-corrected chi connectivity index (χ4v) is 0.838. The molecule has 0 saturated heterocycles. The summed E-state index contributed by atoms with van der Waals surface area (Å²) >= 11 is 0. The summed E-state index contributed by atoms with van der Waals surface area (Å²) in [4.78, 5) is 11.2. The average molecular weight is 217 g/mol. The van der Waals surface area contributed by atoms with E-state index in [1.807, 2.05) is 20.8 Å². The van der Waals surface area contributed by atoms with Gasteiger partial charge in [-0.25, -0.2) is 0 Å². The third kappa shape index (κ3) is 11.4. The van der Waals surface area contributed by atoms with Crippen LogP contribution < -0.4 is 5.32 Å². The molecule has 0 fully saturated rings. The molecule has 0 bridgehead atoms. The third-order valence-corrected chi connectivity index (χ3v) is 1.60. The van der Waals surface area contributed by atoms with Crippen LogP contribution in [0.5, 0.6) is 0 Å². The van der Waals surface area contributed by atoms with Crippen LogP contribution in [0.25, 0.3) is 0 Å². The van der Waals surface area contributed by atoms with Crippen molar-refractivity contribution in [3.63, 3.8) is 0 Å². The monoisotopic (exact) mass is 217 g/mol. The lowest BCUT2D eigenvalue weighted by molar-refractivity contribution is -0.147. The molecule has 0 aromatic carbocycles. The molecule has 92 valence electrons. The van der Waals surface area contributed by atoms with Crippen molar-refractivity contribution < 1.29 is 9.53 Å². The van der Waals surface area contributed by atoms with Crippen LogP contribution in [0.4, 0.5) is 0 Å². The van der Waals surface area contributed by atoms with Crippen molar-refractivity contribution in [2.75, 3.05) is 13.7 Å². The summed E-state index contributed by atoms with van der Waals surface area (Å²) in [5.41, 5.74) is 0. The van der Waals surface area contributed by atoms with Gasteiger partial charge in [-0.2, -0.15) is 0 Å². The van der Waals surface area contributed by atoms with Crippen molar-refractivity contribution in [3.05, 3.63) is 0 Å². The van der Waals surface area contributed by atoms with Gasteiger partial charge in [0.1, 0.15) is 6.04 Å². The third-order valence-electron chi connectivity index (χ3n) is 1.60. The molecule has 3 heteroatoms. The van der Waals surface area contributed by atoms with Gasteiger partial charge in [0.2, 0.25) is 0 Å². The maximum Gasteiger partial charge on any atom is 0.323 e. The molecule has 0 aliphatic heterocycles. The number of hydrogen-bond donors (Lipinski definition) is 1. The average Bonchev–Trinajstić information content (AvgIpc) is 2.18. The van der Waals surface area contributed by atoms with Crippen LogP contribution in [0.2, 0.25) is 0 Å². The minimum absolute atomic E-state index is 0.145. The summed E-state index contributed by atoms with van der Waals surface area (Å²) < 4.78 is 5.05. The lowest BCUT2D eigenvalue weighted by atomic mass is 10.2. The Balaban J connectivity index is 0. The first-order valence-corrected chi connectivity index (χ1v) is 5.87. The van der Waals surface area contributed by atoms with Gasteiger partial charge >= 0.3 is 5.97 Å². The summed E-state index contributed by atoms with van der Waals surface area (Å²) in [6.07, 6.45) is 2.02. The smallest absolute Gasteiger partial charge is 0.323 e. The van der Waals surface area contributed by atoms with E-state index < -0.39 is 0 Å². The quantitative estimate of drug-likeness (QED) is 0.719. The van der Waals surface area contributed by atoms with Crippen molar-refractivity contribution in [1.29, 1.82) is 0 Å². The SMILES string of the molecule is CCC.CCC(NC)C(=O)OCC(C)C. The molecular weight excluding hydrogens is 190 g/mol. The molecule has 1 atom stereocenters. The fourth-order valence-electron chi connectivity index (χ4n) is 0.838. The van der Waals surface area contributed by atoms with Gasteiger partial charge in [-0.3, -0.25) is 4.79 Å². The summed E-state index contributed by atoms with van der Waals surface area (Å²) in [5, 5.41) is 2.90. The molecule has 0 heterocycles. The Bertz CT molecular complexity index is 143. The number of ether oxygens (including phenoxy) is 1. The van der Waals surface area contributed by atoms with Gasteiger partial charge in [-0.15, -0.1) is 0 Å². The van der Waals surface area contributed by atoms with E-state index in [2.05, 4.69) is 19.2 Å². The maximum atomic E-state index is 11.2. The van der Waals surface area contributed by atoms with Crippen molar-refractivity contribution in [2.45, 2.75) is 53.5 Å². The zero-order chi connectivity index (χ0) is 12.3. The highest BCUT2D eigenvalue weighted by Crippen LogP contribution is 1.98. The van der Waals surface area contributed by atoms with Crippen molar-refractivity contribution in [1.82, 2.24) is 5.32 Å². The lowest BCUT2D eigenvalue weighted by Gasteiger charge is -2.13. The topological polar surface area (TPSA) is 38.3 Å². The molecule has 1 N–H and O–H groups in total. The fraction of sp³-hybridized carbons (Fsp3) is 0.917. The Morgan fingerprint density at radius 1 is 1.27 bits per heavy atom. The highest BCUT2D eigenvalue weighted by atomic mass is 16.5. The zero-order valence-corrected chi connectivity index (χ0v) is 11.1. The predicted octanol–water partition coefficient (Wildman–Crippen LogP) is 2.60. The van der Waals surface area contributed by atoms with Gasteiger partial charge in [0.15, 0.2) is 0 Å². The van der Waals surface area contributed by atoms with E-state index in [0.717, 1.165) is 6.42 Å². The second kappa shape index (κ2) is 11.5. The summed E-state index contributed by atoms with van der Waals surface area (Å²) in [6.45, 7) is 10.8. The molecule has 0 aromatic heterocycles. The van der Waals surface area contributed by atoms with E-state index >= 15 is 0 Å². The minimum atomic E-state index is -0.149. The van der Waals surface area contributed by atoms with Gasteiger partial charge in [0, 0.05) is 0 Å². The number of hydrogen-bond acceptors (Lipinski definition) is 3. The molecule has 3 nitrogen and oxygen atoms in total. The first-order valence-electron chi connectivity index (χ1n) is 5.87. The lowest BCUT2D eigenvalue weighted by Crippen LogP contribution is -2.35. The zero-order valence-electron chi connectivity index (χ0n) is 11.1. The maximum absolute atomic E-state index is 11.2. The summed E-state index contributed by atoms with van der Waals surface area (Å²) in [6, 6.07) is -0.149. The standard InChI is InChI=1S/C9H19NO2.C3H8/c1-5-8(10-4)9(11)12-6-7(2)3;1-3-2/h7-8,10H,5-6H2,1-4H3;3H2,1-2H3. The van der Waals surface area contributed by atoms with Gasteiger partial charge in [0.25, 0.3) is 0 Å². The van der Waals surface area contributed by atoms with Crippen LogP contribution in [-0.2, 0) is 9.53 Å². The Hall–Kier alpha value is -0.570. The van der Waals surface area contributed by atoms with E-state index in [-0.39, 0.29) is 12.0 Å². The van der Waals surface area contributed by atoms with Gasteiger partial charge in [-0.05, 0) is 19.4 Å². The van der Waals surface area contributed by atoms with Crippen LogP contribution in [-0.4, -0.2) is 25.7 Å². The summed E-state index contributed by atoms with van der Waals surface area (Å²) in [7, 11) is 1.77. The predicted molar refractivity (Wildman–Crippen MR) is 64.9 cm³/mol. The van der Waals surface area contributed by atoms with Crippen molar-refractivity contribution in [3.8, 4) is 0 Å². The molecule has 0 amide bonds. The first-order chi connectivity index (χ1) is 7.03. The van der Waals surface area contributed by atoms with Crippen molar-refractivity contribution >= 4 is 5.97 Å². The molecule has 0 rings (SSSR count). The molecule has 0 aliphatic rings. The number of carbonyl (C=O) groups is 1. The molecule has 0 radical (unpaired) electrons. The van der Waals surface area contributed by atoms with Crippen LogP contribution >= 0.6 is 0 Å². The van der Waals surface area contributed by atoms with E-state index in [1.165, 1.54) is 6.42 Å². The van der Waals surface area contributed by atoms with Crippen LogP contribution in [0.3, 0.4) is 0 Å². The first kappa shape index (κ1) is 16.8. The van der Waals surface area contributed by atoms with Crippen LogP contribution in [0.1, 0.15) is 47.5 Å². The molecule has 0 saturated carbocycles. The molecule has 0 aliphatic carbocycles. The van der Waals surface area contributed by atoms with Crippen molar-refractivity contribution in [2.24, 2.45) is 5.92 Å². The van der Waals surface area contributed by atoms with Gasteiger partial charge in [0.05, 0.1) is 6.61 Å². The molecule has 0 spiro atoms. The molecule has 15 heavy (non-hydrogen) atoms. The number of carbonyl (C=O) groups excluding carboxylic acids is 1. The van der Waals surface area contributed by atoms with E-state index in [0.29, 0.717) is 12.5 Å². The van der Waals surface area contributed by atoms with E-state index in [4.69, 9.17) is 4.74 Å². The van der Waals surface area contributed by atoms with Crippen LogP contribution in [0.15, 0.2) is 0 Å². The Kier molecular flexibility index (Phi) is 12.9. The second-order valence-electron chi connectivity index (χ2n) is 3.98. The Morgan fingerprint density at radius 3 is 2.00 bits per heavy atom. The Labute approximate surface area is 94.6 Å². The normalized spacial score (nSPS) is 11.7. The molecule has 0 aromatic rings. The molecular formula is C12H27NO2. The highest BCUT2D eigenvalue weighted by molar-refractivity contribution is 5.75. The minimum Gasteiger partial charge on any atom is -0.464 e. The summed E-state index contributed by atoms with van der Waals surface area (Å²) in [5.74, 6) is 0.261. The van der Waals surface area contributed by atoms with Crippen LogP contribution in [0, 0.1) is 5.92 Å². The van der Waals surface area contributed by atoms with Gasteiger partial charge < -0.3 is 10.1 Å².